The number of hydrogen-bond acceptors (Lipinski definition) is 2. The molecule has 0 saturated heterocycles. The molecule has 0 spiro atoms. The SMILES string of the molecule is Cc1cc(Cl)ccc1OCCNC(=O)NCC(C)C. The van der Waals surface area contributed by atoms with Crippen molar-refractivity contribution in [1.82, 2.24) is 10.6 Å². The molecule has 0 aliphatic rings. The van der Waals surface area contributed by atoms with Crippen LogP contribution >= 0.6 is 11.6 Å². The largest absolute Gasteiger partial charge is 0.491 e. The van der Waals surface area contributed by atoms with E-state index in [1.807, 2.05) is 32.9 Å². The first-order valence-corrected chi connectivity index (χ1v) is 6.77. The molecule has 1 aromatic rings. The summed E-state index contributed by atoms with van der Waals surface area (Å²) >= 11 is 5.86. The summed E-state index contributed by atoms with van der Waals surface area (Å²) < 4.78 is 5.57. The van der Waals surface area contributed by atoms with Crippen LogP contribution in [0.5, 0.6) is 5.75 Å². The van der Waals surface area contributed by atoms with Crippen LogP contribution in [0.2, 0.25) is 5.02 Å². The van der Waals surface area contributed by atoms with Gasteiger partial charge in [0.05, 0.1) is 6.54 Å². The van der Waals surface area contributed by atoms with Gasteiger partial charge in [0, 0.05) is 11.6 Å². The average molecular weight is 285 g/mol. The van der Waals surface area contributed by atoms with E-state index in [2.05, 4.69) is 10.6 Å². The van der Waals surface area contributed by atoms with Gasteiger partial charge in [-0.2, -0.15) is 0 Å². The molecule has 0 fully saturated rings. The first kappa shape index (κ1) is 15.6. The summed E-state index contributed by atoms with van der Waals surface area (Å²) in [5.41, 5.74) is 0.983. The Bertz CT molecular complexity index is 422. The van der Waals surface area contributed by atoms with Crippen LogP contribution in [0.3, 0.4) is 0 Å². The molecule has 5 heteroatoms. The van der Waals surface area contributed by atoms with Gasteiger partial charge in [-0.05, 0) is 36.6 Å². The summed E-state index contributed by atoms with van der Waals surface area (Å²) in [7, 11) is 0. The lowest BCUT2D eigenvalue weighted by Gasteiger charge is -2.11. The first-order valence-electron chi connectivity index (χ1n) is 6.39. The summed E-state index contributed by atoms with van der Waals surface area (Å²) in [6.07, 6.45) is 0. The number of carbonyl (C=O) groups excluding carboxylic acids is 1. The molecule has 19 heavy (non-hydrogen) atoms. The van der Waals surface area contributed by atoms with Crippen LogP contribution in [0.25, 0.3) is 0 Å². The van der Waals surface area contributed by atoms with E-state index < -0.39 is 0 Å². The zero-order chi connectivity index (χ0) is 14.3. The maximum absolute atomic E-state index is 11.4. The molecule has 0 saturated carbocycles. The van der Waals surface area contributed by atoms with Crippen molar-refractivity contribution in [1.29, 1.82) is 0 Å². The van der Waals surface area contributed by atoms with Gasteiger partial charge in [-0.1, -0.05) is 25.4 Å². The highest BCUT2D eigenvalue weighted by atomic mass is 35.5. The maximum Gasteiger partial charge on any atom is 0.314 e. The molecule has 0 aliphatic carbocycles. The Hall–Kier alpha value is -1.42. The number of aryl methyl sites for hydroxylation is 1. The Morgan fingerprint density at radius 3 is 2.74 bits per heavy atom. The molecule has 1 aromatic carbocycles. The highest BCUT2D eigenvalue weighted by Crippen LogP contribution is 2.21. The Labute approximate surface area is 119 Å². The molecule has 0 unspecified atom stereocenters. The van der Waals surface area contributed by atoms with Crippen LogP contribution in [-0.2, 0) is 0 Å². The molecular formula is C14H21ClN2O2. The fourth-order valence-corrected chi connectivity index (χ4v) is 1.69. The lowest BCUT2D eigenvalue weighted by atomic mass is 10.2. The molecule has 0 heterocycles. The number of ether oxygens (including phenoxy) is 1. The van der Waals surface area contributed by atoms with Gasteiger partial charge in [0.25, 0.3) is 0 Å². The van der Waals surface area contributed by atoms with Crippen molar-refractivity contribution in [2.75, 3.05) is 19.7 Å². The smallest absolute Gasteiger partial charge is 0.314 e. The van der Waals surface area contributed by atoms with Crippen LogP contribution in [0.4, 0.5) is 4.79 Å². The van der Waals surface area contributed by atoms with Crippen molar-refractivity contribution in [2.45, 2.75) is 20.8 Å². The van der Waals surface area contributed by atoms with Gasteiger partial charge in [0.2, 0.25) is 0 Å². The molecular weight excluding hydrogens is 264 g/mol. The molecule has 106 valence electrons. The van der Waals surface area contributed by atoms with Crippen molar-refractivity contribution >= 4 is 17.6 Å². The minimum absolute atomic E-state index is 0.162. The zero-order valence-electron chi connectivity index (χ0n) is 11.6. The number of urea groups is 1. The number of benzene rings is 1. The van der Waals surface area contributed by atoms with Gasteiger partial charge in [-0.25, -0.2) is 4.79 Å². The van der Waals surface area contributed by atoms with Crippen LogP contribution in [0, 0.1) is 12.8 Å². The minimum Gasteiger partial charge on any atom is -0.491 e. The number of nitrogens with one attached hydrogen (secondary N) is 2. The van der Waals surface area contributed by atoms with Crippen molar-refractivity contribution in [3.05, 3.63) is 28.8 Å². The molecule has 0 aromatic heterocycles. The first-order chi connectivity index (χ1) is 8.99. The summed E-state index contributed by atoms with van der Waals surface area (Å²) in [6.45, 7) is 7.59. The Morgan fingerprint density at radius 2 is 2.11 bits per heavy atom. The van der Waals surface area contributed by atoms with Crippen LogP contribution in [-0.4, -0.2) is 25.7 Å². The van der Waals surface area contributed by atoms with E-state index in [0.717, 1.165) is 11.3 Å². The lowest BCUT2D eigenvalue weighted by Crippen LogP contribution is -2.39. The summed E-state index contributed by atoms with van der Waals surface area (Å²) in [5.74, 6) is 1.23. The molecule has 4 nitrogen and oxygen atoms in total. The quantitative estimate of drug-likeness (QED) is 0.789. The summed E-state index contributed by atoms with van der Waals surface area (Å²) in [6, 6.07) is 5.30. The fourth-order valence-electron chi connectivity index (χ4n) is 1.46. The Morgan fingerprint density at radius 1 is 1.37 bits per heavy atom. The normalized spacial score (nSPS) is 10.4. The number of halogens is 1. The second-order valence-corrected chi connectivity index (χ2v) is 5.23. The van der Waals surface area contributed by atoms with Crippen molar-refractivity contribution in [2.24, 2.45) is 5.92 Å². The van der Waals surface area contributed by atoms with Crippen LogP contribution in [0.1, 0.15) is 19.4 Å². The van der Waals surface area contributed by atoms with E-state index in [0.29, 0.717) is 30.6 Å². The molecule has 0 atom stereocenters. The van der Waals surface area contributed by atoms with Gasteiger partial charge < -0.3 is 15.4 Å². The molecule has 0 radical (unpaired) electrons. The third-order valence-corrected chi connectivity index (χ3v) is 2.69. The van der Waals surface area contributed by atoms with E-state index in [1.54, 1.807) is 6.07 Å². The molecule has 0 aliphatic heterocycles. The third-order valence-electron chi connectivity index (χ3n) is 2.45. The van der Waals surface area contributed by atoms with E-state index in [9.17, 15) is 4.79 Å². The maximum atomic E-state index is 11.4. The summed E-state index contributed by atoms with van der Waals surface area (Å²) in [5, 5.41) is 6.21. The second-order valence-electron chi connectivity index (χ2n) is 4.79. The zero-order valence-corrected chi connectivity index (χ0v) is 12.4. The van der Waals surface area contributed by atoms with Gasteiger partial charge in [0.15, 0.2) is 0 Å². The third kappa shape index (κ3) is 6.34. The van der Waals surface area contributed by atoms with Crippen molar-refractivity contribution < 1.29 is 9.53 Å². The summed E-state index contributed by atoms with van der Waals surface area (Å²) in [4.78, 5) is 11.4. The van der Waals surface area contributed by atoms with Crippen molar-refractivity contribution in [3.8, 4) is 5.75 Å². The average Bonchev–Trinajstić information content (AvgIpc) is 2.34. The number of rotatable bonds is 6. The highest BCUT2D eigenvalue weighted by Gasteiger charge is 2.02. The number of carbonyl (C=O) groups is 1. The van der Waals surface area contributed by atoms with Gasteiger partial charge in [-0.15, -0.1) is 0 Å². The predicted molar refractivity (Wildman–Crippen MR) is 77.9 cm³/mol. The molecule has 0 bridgehead atoms. The van der Waals surface area contributed by atoms with Gasteiger partial charge >= 0.3 is 6.03 Å². The number of hydrogen-bond donors (Lipinski definition) is 2. The van der Waals surface area contributed by atoms with E-state index >= 15 is 0 Å². The molecule has 1 rings (SSSR count). The Kier molecular flexibility index (Phi) is 6.50. The van der Waals surface area contributed by atoms with E-state index in [1.165, 1.54) is 0 Å². The Balaban J connectivity index is 2.22. The fraction of sp³-hybridized carbons (Fsp3) is 0.500. The van der Waals surface area contributed by atoms with Gasteiger partial charge in [0.1, 0.15) is 12.4 Å². The molecule has 2 amide bonds. The van der Waals surface area contributed by atoms with E-state index in [4.69, 9.17) is 16.3 Å². The van der Waals surface area contributed by atoms with E-state index in [-0.39, 0.29) is 6.03 Å². The minimum atomic E-state index is -0.162. The molecule has 2 N–H and O–H groups in total. The number of amides is 2. The topological polar surface area (TPSA) is 50.4 Å². The monoisotopic (exact) mass is 284 g/mol. The lowest BCUT2D eigenvalue weighted by molar-refractivity contribution is 0.235. The standard InChI is InChI=1S/C14H21ClN2O2/c1-10(2)9-17-14(18)16-6-7-19-13-5-4-12(15)8-11(13)3/h4-5,8,10H,6-7,9H2,1-3H3,(H2,16,17,18). The predicted octanol–water partition coefficient (Wildman–Crippen LogP) is 2.98. The van der Waals surface area contributed by atoms with Gasteiger partial charge in [-0.3, -0.25) is 0 Å². The van der Waals surface area contributed by atoms with Crippen molar-refractivity contribution in [3.63, 3.8) is 0 Å². The second kappa shape index (κ2) is 7.89. The van der Waals surface area contributed by atoms with Crippen LogP contribution < -0.4 is 15.4 Å². The highest BCUT2D eigenvalue weighted by molar-refractivity contribution is 6.30. The van der Waals surface area contributed by atoms with Crippen LogP contribution in [0.15, 0.2) is 18.2 Å².